The number of hydrogen-bond acceptors (Lipinski definition) is 5. The Hall–Kier alpha value is -4.02. The number of rotatable bonds is 8. The number of aromatic nitrogens is 4. The lowest BCUT2D eigenvalue weighted by molar-refractivity contribution is -0.143. The third-order valence-electron chi connectivity index (χ3n) is 8.19. The maximum Gasteiger partial charge on any atom is 0.307 e. The lowest BCUT2D eigenvalue weighted by atomic mass is 9.78. The Bertz CT molecular complexity index is 1570. The van der Waals surface area contributed by atoms with E-state index < -0.39 is 23.6 Å². The SMILES string of the molecule is Cn1ccc(COc2cc(F)c3nc(C4CCCC[C@H]4C(=O)O)n(Cc4ccc(N5CCC(F)(F)C5)cc4)c3c2)n1. The summed E-state index contributed by atoms with van der Waals surface area (Å²) in [7, 11) is 1.80. The molecule has 2 fully saturated rings. The number of alkyl halides is 2. The molecule has 1 saturated heterocycles. The van der Waals surface area contributed by atoms with Gasteiger partial charge in [-0.3, -0.25) is 9.48 Å². The fourth-order valence-electron chi connectivity index (χ4n) is 6.09. The molecule has 1 N–H and O–H groups in total. The molecular weight excluding hydrogens is 535 g/mol. The van der Waals surface area contributed by atoms with E-state index in [2.05, 4.69) is 10.1 Å². The summed E-state index contributed by atoms with van der Waals surface area (Å²) in [5, 5.41) is 14.3. The predicted octanol–water partition coefficient (Wildman–Crippen LogP) is 5.74. The predicted molar refractivity (Wildman–Crippen MR) is 147 cm³/mol. The fourth-order valence-corrected chi connectivity index (χ4v) is 6.09. The average Bonchev–Trinajstić information content (AvgIpc) is 3.64. The number of fused-ring (bicyclic) bond motifs is 1. The summed E-state index contributed by atoms with van der Waals surface area (Å²) in [6.45, 7) is 0.463. The zero-order chi connectivity index (χ0) is 28.7. The first-order valence-corrected chi connectivity index (χ1v) is 13.9. The molecule has 8 nitrogen and oxygen atoms in total. The molecule has 6 rings (SSSR count). The number of carboxylic acids is 1. The molecule has 2 atom stereocenters. The molecule has 41 heavy (non-hydrogen) atoms. The van der Waals surface area contributed by atoms with Crippen LogP contribution in [0, 0.1) is 11.7 Å². The molecule has 1 saturated carbocycles. The van der Waals surface area contributed by atoms with Crippen LogP contribution in [0.1, 0.15) is 55.1 Å². The van der Waals surface area contributed by atoms with Crippen LogP contribution in [0.15, 0.2) is 48.7 Å². The number of nitrogens with zero attached hydrogens (tertiary/aromatic N) is 5. The van der Waals surface area contributed by atoms with Crippen molar-refractivity contribution in [2.45, 2.75) is 57.1 Å². The van der Waals surface area contributed by atoms with Crippen LogP contribution >= 0.6 is 0 Å². The Morgan fingerprint density at radius 1 is 1.15 bits per heavy atom. The van der Waals surface area contributed by atoms with Gasteiger partial charge in [0.05, 0.1) is 23.7 Å². The van der Waals surface area contributed by atoms with Crippen LogP contribution in [0.5, 0.6) is 5.75 Å². The molecule has 1 aliphatic heterocycles. The third kappa shape index (κ3) is 5.62. The van der Waals surface area contributed by atoms with Crippen molar-refractivity contribution >= 4 is 22.7 Å². The molecule has 1 aliphatic carbocycles. The molecule has 0 radical (unpaired) electrons. The monoisotopic (exact) mass is 567 g/mol. The summed E-state index contributed by atoms with van der Waals surface area (Å²) in [5.41, 5.74) is 2.95. The van der Waals surface area contributed by atoms with Crippen LogP contribution in [-0.2, 0) is 25.0 Å². The van der Waals surface area contributed by atoms with Gasteiger partial charge in [-0.1, -0.05) is 25.0 Å². The Labute approximate surface area is 235 Å². The lowest BCUT2D eigenvalue weighted by Crippen LogP contribution is -2.27. The summed E-state index contributed by atoms with van der Waals surface area (Å²) in [6, 6.07) is 12.2. The van der Waals surface area contributed by atoms with E-state index in [0.29, 0.717) is 48.7 Å². The first-order chi connectivity index (χ1) is 19.7. The first-order valence-electron chi connectivity index (χ1n) is 13.9. The molecule has 2 aromatic heterocycles. The van der Waals surface area contributed by atoms with E-state index in [9.17, 15) is 18.7 Å². The van der Waals surface area contributed by atoms with Gasteiger partial charge in [-0.2, -0.15) is 5.10 Å². The fraction of sp³-hybridized carbons (Fsp3) is 0.433. The van der Waals surface area contributed by atoms with Gasteiger partial charge in [-0.15, -0.1) is 0 Å². The van der Waals surface area contributed by atoms with Gasteiger partial charge >= 0.3 is 5.97 Å². The molecule has 2 aromatic carbocycles. The van der Waals surface area contributed by atoms with E-state index in [1.165, 1.54) is 6.07 Å². The number of benzene rings is 2. The minimum Gasteiger partial charge on any atom is -0.487 e. The number of anilines is 1. The van der Waals surface area contributed by atoms with Gasteiger partial charge in [0.1, 0.15) is 23.7 Å². The van der Waals surface area contributed by atoms with Crippen molar-refractivity contribution in [2.75, 3.05) is 18.0 Å². The van der Waals surface area contributed by atoms with E-state index in [0.717, 1.165) is 24.1 Å². The Balaban J connectivity index is 1.36. The van der Waals surface area contributed by atoms with E-state index in [-0.39, 0.29) is 31.0 Å². The topological polar surface area (TPSA) is 85.4 Å². The second kappa shape index (κ2) is 10.8. The average molecular weight is 568 g/mol. The third-order valence-corrected chi connectivity index (χ3v) is 8.19. The highest BCUT2D eigenvalue weighted by Gasteiger charge is 2.38. The number of aliphatic carboxylic acids is 1. The highest BCUT2D eigenvalue weighted by molar-refractivity contribution is 5.79. The summed E-state index contributed by atoms with van der Waals surface area (Å²) < 4.78 is 52.4. The minimum atomic E-state index is -2.69. The second-order valence-corrected chi connectivity index (χ2v) is 11.1. The number of imidazole rings is 1. The quantitative estimate of drug-likeness (QED) is 0.292. The van der Waals surface area contributed by atoms with Gasteiger partial charge in [-0.25, -0.2) is 18.2 Å². The highest BCUT2D eigenvalue weighted by atomic mass is 19.3. The molecule has 4 aromatic rings. The number of carboxylic acid groups (broad SMARTS) is 1. The molecular formula is C30H32F3N5O3. The van der Waals surface area contributed by atoms with Crippen LogP contribution in [0.2, 0.25) is 0 Å². The molecule has 216 valence electrons. The molecule has 3 heterocycles. The van der Waals surface area contributed by atoms with Crippen LogP contribution in [0.4, 0.5) is 18.9 Å². The standard InChI is InChI=1S/C30H32F3N5O3/c1-36-12-10-20(35-36)17-41-22-14-25(31)27-26(15-22)38(28(34-27)23-4-2-3-5-24(23)29(39)40)16-19-6-8-21(9-7-19)37-13-11-30(32,33)18-37/h6-10,12,14-15,23-24H,2-5,11,13,16-18H2,1H3,(H,39,40)/t23?,24-/m1/s1. The number of ether oxygens (including phenoxy) is 1. The van der Waals surface area contributed by atoms with Crippen molar-refractivity contribution in [2.24, 2.45) is 13.0 Å². The maximum absolute atomic E-state index is 15.5. The summed E-state index contributed by atoms with van der Waals surface area (Å²) in [4.78, 5) is 18.5. The van der Waals surface area contributed by atoms with Crippen molar-refractivity contribution in [1.82, 2.24) is 19.3 Å². The molecule has 11 heteroatoms. The molecule has 0 bridgehead atoms. The van der Waals surface area contributed by atoms with E-state index in [1.807, 2.05) is 34.9 Å². The van der Waals surface area contributed by atoms with Gasteiger partial charge < -0.3 is 19.3 Å². The van der Waals surface area contributed by atoms with Gasteiger partial charge in [0, 0.05) is 56.5 Å². The van der Waals surface area contributed by atoms with Gasteiger partial charge in [-0.05, 0) is 36.6 Å². The summed E-state index contributed by atoms with van der Waals surface area (Å²) in [6.07, 6.45) is 4.51. The van der Waals surface area contributed by atoms with Gasteiger partial charge in [0.2, 0.25) is 0 Å². The Morgan fingerprint density at radius 2 is 1.93 bits per heavy atom. The van der Waals surface area contributed by atoms with E-state index >= 15 is 4.39 Å². The highest BCUT2D eigenvalue weighted by Crippen LogP contribution is 2.40. The van der Waals surface area contributed by atoms with Crippen LogP contribution in [0.25, 0.3) is 11.0 Å². The van der Waals surface area contributed by atoms with Crippen molar-refractivity contribution in [1.29, 1.82) is 0 Å². The number of halogens is 3. The van der Waals surface area contributed by atoms with Gasteiger partial charge in [0.25, 0.3) is 5.92 Å². The zero-order valence-corrected chi connectivity index (χ0v) is 22.8. The molecule has 0 spiro atoms. The Kier molecular flexibility index (Phi) is 7.13. The van der Waals surface area contributed by atoms with Crippen molar-refractivity contribution < 1.29 is 27.8 Å². The second-order valence-electron chi connectivity index (χ2n) is 11.1. The van der Waals surface area contributed by atoms with Crippen LogP contribution in [0.3, 0.4) is 0 Å². The largest absolute Gasteiger partial charge is 0.487 e. The van der Waals surface area contributed by atoms with E-state index in [4.69, 9.17) is 4.74 Å². The van der Waals surface area contributed by atoms with Crippen LogP contribution in [-0.4, -0.2) is 49.4 Å². The molecule has 2 aliphatic rings. The minimum absolute atomic E-state index is 0.160. The van der Waals surface area contributed by atoms with Crippen molar-refractivity contribution in [3.8, 4) is 5.75 Å². The van der Waals surface area contributed by atoms with Crippen molar-refractivity contribution in [3.63, 3.8) is 0 Å². The lowest BCUT2D eigenvalue weighted by Gasteiger charge is -2.28. The first kappa shape index (κ1) is 27.2. The molecule has 1 unspecified atom stereocenters. The van der Waals surface area contributed by atoms with Crippen molar-refractivity contribution in [3.05, 3.63) is 71.6 Å². The summed E-state index contributed by atoms with van der Waals surface area (Å²) in [5.74, 6) is -4.23. The van der Waals surface area contributed by atoms with E-state index in [1.54, 1.807) is 28.9 Å². The van der Waals surface area contributed by atoms with Gasteiger partial charge in [0.15, 0.2) is 5.82 Å². The smallest absolute Gasteiger partial charge is 0.307 e. The number of carbonyl (C=O) groups is 1. The zero-order valence-electron chi connectivity index (χ0n) is 22.8. The normalized spacial score (nSPS) is 20.5. The van der Waals surface area contributed by atoms with Crippen LogP contribution < -0.4 is 9.64 Å². The number of aryl methyl sites for hydroxylation is 1. The number of hydrogen-bond donors (Lipinski definition) is 1. The molecule has 0 amide bonds. The summed E-state index contributed by atoms with van der Waals surface area (Å²) >= 11 is 0. The maximum atomic E-state index is 15.5. The Morgan fingerprint density at radius 3 is 2.61 bits per heavy atom.